The van der Waals surface area contributed by atoms with Gasteiger partial charge in [-0.2, -0.15) is 0 Å². The summed E-state index contributed by atoms with van der Waals surface area (Å²) in [6.45, 7) is 2.75. The van der Waals surface area contributed by atoms with Crippen molar-refractivity contribution < 1.29 is 8.42 Å². The third-order valence-corrected chi connectivity index (χ3v) is 4.87. The molecule has 1 atom stereocenters. The molecule has 6 heteroatoms. The molecule has 110 valence electrons. The largest absolute Gasteiger partial charge is 0.331 e. The molecule has 0 saturated carbocycles. The molecule has 2 rings (SSSR count). The van der Waals surface area contributed by atoms with Gasteiger partial charge < -0.3 is 10.3 Å². The van der Waals surface area contributed by atoms with Gasteiger partial charge in [0, 0.05) is 19.7 Å². The van der Waals surface area contributed by atoms with Gasteiger partial charge in [0.25, 0.3) is 0 Å². The molecule has 1 aromatic carbocycles. The van der Waals surface area contributed by atoms with Crippen LogP contribution in [0.1, 0.15) is 19.2 Å². The highest BCUT2D eigenvalue weighted by atomic mass is 32.2. The van der Waals surface area contributed by atoms with E-state index in [1.54, 1.807) is 12.1 Å². The molecule has 0 fully saturated rings. The molecule has 0 bridgehead atoms. The van der Waals surface area contributed by atoms with Crippen molar-refractivity contribution in [3.05, 3.63) is 24.0 Å². The molecule has 2 aromatic rings. The maximum atomic E-state index is 11.6. The molecule has 20 heavy (non-hydrogen) atoms. The van der Waals surface area contributed by atoms with E-state index in [4.69, 9.17) is 5.73 Å². The Kier molecular flexibility index (Phi) is 4.15. The highest BCUT2D eigenvalue weighted by Crippen LogP contribution is 2.21. The lowest BCUT2D eigenvalue weighted by Gasteiger charge is -2.11. The van der Waals surface area contributed by atoms with Gasteiger partial charge in [0.15, 0.2) is 9.84 Å². The zero-order chi connectivity index (χ0) is 14.9. The van der Waals surface area contributed by atoms with Crippen molar-refractivity contribution in [3.8, 4) is 0 Å². The fraction of sp³-hybridized carbons (Fsp3) is 0.500. The van der Waals surface area contributed by atoms with Crippen molar-refractivity contribution in [2.75, 3.05) is 12.8 Å². The first-order chi connectivity index (χ1) is 9.36. The molecule has 1 heterocycles. The van der Waals surface area contributed by atoms with Crippen molar-refractivity contribution in [2.45, 2.75) is 24.7 Å². The normalized spacial score (nSPS) is 13.8. The highest BCUT2D eigenvalue weighted by molar-refractivity contribution is 7.90. The van der Waals surface area contributed by atoms with Crippen LogP contribution in [0.25, 0.3) is 11.0 Å². The quantitative estimate of drug-likeness (QED) is 0.907. The van der Waals surface area contributed by atoms with Gasteiger partial charge >= 0.3 is 0 Å². The lowest BCUT2D eigenvalue weighted by atomic mass is 10.0. The molecule has 0 saturated heterocycles. The number of imidazole rings is 1. The molecule has 0 radical (unpaired) electrons. The number of nitrogens with two attached hydrogens (primary N) is 1. The van der Waals surface area contributed by atoms with Gasteiger partial charge in [-0.15, -0.1) is 0 Å². The summed E-state index contributed by atoms with van der Waals surface area (Å²) in [4.78, 5) is 4.87. The van der Waals surface area contributed by atoms with Crippen LogP contribution in [0.15, 0.2) is 23.1 Å². The molecule has 0 aliphatic carbocycles. The van der Waals surface area contributed by atoms with E-state index in [0.717, 1.165) is 29.7 Å². The van der Waals surface area contributed by atoms with Crippen LogP contribution in [0, 0.1) is 5.92 Å². The second kappa shape index (κ2) is 5.54. The van der Waals surface area contributed by atoms with E-state index >= 15 is 0 Å². The monoisotopic (exact) mass is 295 g/mol. The predicted octanol–water partition coefficient (Wildman–Crippen LogP) is 1.50. The van der Waals surface area contributed by atoms with E-state index in [1.807, 2.05) is 17.7 Å². The second-order valence-corrected chi connectivity index (χ2v) is 7.24. The minimum absolute atomic E-state index is 0.306. The third kappa shape index (κ3) is 2.86. The van der Waals surface area contributed by atoms with Crippen LogP contribution in [-0.2, 0) is 23.3 Å². The van der Waals surface area contributed by atoms with Gasteiger partial charge in [-0.25, -0.2) is 13.4 Å². The minimum Gasteiger partial charge on any atom is -0.331 e. The number of fused-ring (bicyclic) bond motifs is 1. The van der Waals surface area contributed by atoms with Crippen LogP contribution in [0.3, 0.4) is 0 Å². The van der Waals surface area contributed by atoms with E-state index in [-0.39, 0.29) is 0 Å². The second-order valence-electron chi connectivity index (χ2n) is 5.22. The van der Waals surface area contributed by atoms with Crippen LogP contribution in [0.5, 0.6) is 0 Å². The number of benzene rings is 1. The number of sulfone groups is 1. The summed E-state index contributed by atoms with van der Waals surface area (Å²) in [5.41, 5.74) is 7.40. The molecule has 1 aromatic heterocycles. The summed E-state index contributed by atoms with van der Waals surface area (Å²) >= 11 is 0. The van der Waals surface area contributed by atoms with Crippen molar-refractivity contribution in [2.24, 2.45) is 18.7 Å². The van der Waals surface area contributed by atoms with Crippen LogP contribution in [0.4, 0.5) is 0 Å². The van der Waals surface area contributed by atoms with Crippen molar-refractivity contribution in [1.82, 2.24) is 9.55 Å². The van der Waals surface area contributed by atoms with E-state index in [9.17, 15) is 8.42 Å². The Labute approximate surface area is 119 Å². The van der Waals surface area contributed by atoms with Gasteiger partial charge in [0.2, 0.25) is 0 Å². The summed E-state index contributed by atoms with van der Waals surface area (Å²) in [7, 11) is -1.25. The maximum absolute atomic E-state index is 11.6. The van der Waals surface area contributed by atoms with E-state index in [0.29, 0.717) is 17.4 Å². The molecular formula is C14H21N3O2S. The standard InChI is InChI=1S/C14H21N3O2S/c1-4-10(9-15)7-14-16-12-8-11(20(3,18)19)5-6-13(12)17(14)2/h5-6,8,10H,4,7,9,15H2,1-3H3. The highest BCUT2D eigenvalue weighted by Gasteiger charge is 2.15. The summed E-state index contributed by atoms with van der Waals surface area (Å²) in [6.07, 6.45) is 3.03. The molecule has 2 N–H and O–H groups in total. The predicted molar refractivity (Wildman–Crippen MR) is 80.4 cm³/mol. The molecule has 0 aliphatic rings. The van der Waals surface area contributed by atoms with Crippen LogP contribution in [0.2, 0.25) is 0 Å². The zero-order valence-corrected chi connectivity index (χ0v) is 12.9. The molecular weight excluding hydrogens is 274 g/mol. The van der Waals surface area contributed by atoms with Crippen LogP contribution >= 0.6 is 0 Å². The lowest BCUT2D eigenvalue weighted by Crippen LogP contribution is -2.17. The summed E-state index contributed by atoms with van der Waals surface area (Å²) in [6, 6.07) is 5.08. The van der Waals surface area contributed by atoms with Crippen LogP contribution in [-0.4, -0.2) is 30.8 Å². The first-order valence-corrected chi connectivity index (χ1v) is 8.61. The van der Waals surface area contributed by atoms with E-state index in [2.05, 4.69) is 11.9 Å². The third-order valence-electron chi connectivity index (χ3n) is 3.75. The fourth-order valence-corrected chi connectivity index (χ4v) is 2.94. The SMILES string of the molecule is CCC(CN)Cc1nc2cc(S(C)(=O)=O)ccc2n1C. The Hall–Kier alpha value is -1.40. The van der Waals surface area contributed by atoms with Gasteiger partial charge in [0.05, 0.1) is 15.9 Å². The molecule has 0 aliphatic heterocycles. The number of nitrogens with zero attached hydrogens (tertiary/aromatic N) is 2. The summed E-state index contributed by atoms with van der Waals surface area (Å²) in [5.74, 6) is 1.35. The Bertz CT molecular complexity index is 715. The van der Waals surface area contributed by atoms with Gasteiger partial charge in [-0.05, 0) is 30.7 Å². The lowest BCUT2D eigenvalue weighted by molar-refractivity contribution is 0.499. The maximum Gasteiger partial charge on any atom is 0.175 e. The Balaban J connectivity index is 2.47. The number of hydrogen-bond acceptors (Lipinski definition) is 4. The average Bonchev–Trinajstić information content (AvgIpc) is 2.71. The Morgan fingerprint density at radius 2 is 2.10 bits per heavy atom. The van der Waals surface area contributed by atoms with E-state index < -0.39 is 9.84 Å². The number of aryl methyl sites for hydroxylation is 1. The first-order valence-electron chi connectivity index (χ1n) is 6.72. The summed E-state index contributed by atoms with van der Waals surface area (Å²) < 4.78 is 25.2. The number of hydrogen-bond donors (Lipinski definition) is 1. The first kappa shape index (κ1) is 15.0. The summed E-state index contributed by atoms with van der Waals surface area (Å²) in [5, 5.41) is 0. The topological polar surface area (TPSA) is 78.0 Å². The molecule has 0 spiro atoms. The fourth-order valence-electron chi connectivity index (χ4n) is 2.30. The molecule has 5 nitrogen and oxygen atoms in total. The Morgan fingerprint density at radius 1 is 1.40 bits per heavy atom. The number of aromatic nitrogens is 2. The van der Waals surface area contributed by atoms with Gasteiger partial charge in [0.1, 0.15) is 5.82 Å². The zero-order valence-electron chi connectivity index (χ0n) is 12.1. The van der Waals surface area contributed by atoms with Crippen molar-refractivity contribution in [1.29, 1.82) is 0 Å². The average molecular weight is 295 g/mol. The van der Waals surface area contributed by atoms with Crippen molar-refractivity contribution in [3.63, 3.8) is 0 Å². The van der Waals surface area contributed by atoms with E-state index in [1.165, 1.54) is 6.26 Å². The van der Waals surface area contributed by atoms with Crippen molar-refractivity contribution >= 4 is 20.9 Å². The molecule has 0 amide bonds. The Morgan fingerprint density at radius 3 is 2.65 bits per heavy atom. The van der Waals surface area contributed by atoms with Gasteiger partial charge in [-0.1, -0.05) is 13.3 Å². The molecule has 1 unspecified atom stereocenters. The minimum atomic E-state index is -3.20. The smallest absolute Gasteiger partial charge is 0.175 e. The number of rotatable bonds is 5. The van der Waals surface area contributed by atoms with Gasteiger partial charge in [-0.3, -0.25) is 0 Å². The van der Waals surface area contributed by atoms with Crippen LogP contribution < -0.4 is 5.73 Å².